The molecule has 1 saturated heterocycles. The highest BCUT2D eigenvalue weighted by atomic mass is 79.9. The molecule has 0 aliphatic carbocycles. The van der Waals surface area contributed by atoms with Gasteiger partial charge in [-0.3, -0.25) is 9.59 Å². The van der Waals surface area contributed by atoms with Gasteiger partial charge in [-0.05, 0) is 6.42 Å². The molecule has 6 heteroatoms. The summed E-state index contributed by atoms with van der Waals surface area (Å²) in [5.74, 6) is -0.897. The summed E-state index contributed by atoms with van der Waals surface area (Å²) in [6.07, 6.45) is -0.564. The molecule has 2 unspecified atom stereocenters. The maximum absolute atomic E-state index is 11.3. The van der Waals surface area contributed by atoms with Crippen LogP contribution in [-0.2, 0) is 9.59 Å². The van der Waals surface area contributed by atoms with E-state index in [4.69, 9.17) is 10.8 Å². The van der Waals surface area contributed by atoms with Gasteiger partial charge in [0.25, 0.3) is 0 Å². The van der Waals surface area contributed by atoms with E-state index in [0.717, 1.165) is 0 Å². The van der Waals surface area contributed by atoms with Crippen molar-refractivity contribution in [2.45, 2.75) is 17.4 Å². The third-order valence-corrected chi connectivity index (χ3v) is 2.80. The zero-order valence-corrected chi connectivity index (χ0v) is 8.53. The van der Waals surface area contributed by atoms with Crippen LogP contribution in [-0.4, -0.2) is 45.8 Å². The molecule has 0 aromatic rings. The predicted octanol–water partition coefficient (Wildman–Crippen LogP) is -1.17. The highest BCUT2D eigenvalue weighted by Gasteiger charge is 2.31. The minimum Gasteiger partial charge on any atom is -0.381 e. The van der Waals surface area contributed by atoms with E-state index >= 15 is 0 Å². The van der Waals surface area contributed by atoms with Gasteiger partial charge in [0.1, 0.15) is 6.10 Å². The molecular weight excluding hydrogens is 240 g/mol. The Morgan fingerprint density at radius 3 is 2.85 bits per heavy atom. The monoisotopic (exact) mass is 250 g/mol. The number of aliphatic hydroxyl groups excluding tert-OH is 1. The smallest absolute Gasteiger partial charge is 0.248 e. The Kier molecular flexibility index (Phi) is 3.27. The van der Waals surface area contributed by atoms with Gasteiger partial charge < -0.3 is 15.7 Å². The summed E-state index contributed by atoms with van der Waals surface area (Å²) in [5.41, 5.74) is 4.86. The molecule has 5 nitrogen and oxygen atoms in total. The second-order valence-corrected chi connectivity index (χ2v) is 4.06. The summed E-state index contributed by atoms with van der Waals surface area (Å²) in [6, 6.07) is 0. The van der Waals surface area contributed by atoms with Crippen LogP contribution in [0.2, 0.25) is 0 Å². The first-order valence-corrected chi connectivity index (χ1v) is 4.84. The molecule has 0 aromatic heterocycles. The third-order valence-electron chi connectivity index (χ3n) is 1.95. The first-order valence-electron chi connectivity index (χ1n) is 3.92. The van der Waals surface area contributed by atoms with Crippen LogP contribution in [0.15, 0.2) is 0 Å². The van der Waals surface area contributed by atoms with Gasteiger partial charge in [0.15, 0.2) is 0 Å². The van der Waals surface area contributed by atoms with Crippen LogP contribution in [0.25, 0.3) is 0 Å². The van der Waals surface area contributed by atoms with Crippen LogP contribution in [0, 0.1) is 0 Å². The fourth-order valence-corrected chi connectivity index (χ4v) is 1.68. The van der Waals surface area contributed by atoms with Crippen molar-refractivity contribution in [3.63, 3.8) is 0 Å². The van der Waals surface area contributed by atoms with E-state index in [1.54, 1.807) is 0 Å². The number of hydrogen-bond donors (Lipinski definition) is 2. The number of aliphatic hydroxyl groups is 1. The van der Waals surface area contributed by atoms with Gasteiger partial charge in [-0.25, -0.2) is 0 Å². The van der Waals surface area contributed by atoms with Crippen LogP contribution in [0.1, 0.15) is 6.42 Å². The van der Waals surface area contributed by atoms with Crippen molar-refractivity contribution in [1.29, 1.82) is 0 Å². The number of likely N-dealkylation sites (tertiary alicyclic amines) is 1. The quantitative estimate of drug-likeness (QED) is 0.620. The van der Waals surface area contributed by atoms with Gasteiger partial charge >= 0.3 is 0 Å². The van der Waals surface area contributed by atoms with Gasteiger partial charge in [-0.1, -0.05) is 15.9 Å². The number of alkyl halides is 1. The highest BCUT2D eigenvalue weighted by molar-refractivity contribution is 9.10. The minimum absolute atomic E-state index is 0.00370. The van der Waals surface area contributed by atoms with Crippen molar-refractivity contribution in [2.75, 3.05) is 13.1 Å². The lowest BCUT2D eigenvalue weighted by molar-refractivity contribution is -0.132. The topological polar surface area (TPSA) is 83.6 Å². The maximum atomic E-state index is 11.3. The summed E-state index contributed by atoms with van der Waals surface area (Å²) < 4.78 is 0. The zero-order valence-electron chi connectivity index (χ0n) is 6.94. The fraction of sp³-hybridized carbons (Fsp3) is 0.714. The average Bonchev–Trinajstić information content (AvgIpc) is 2.36. The number of nitrogens with two attached hydrogens (primary N) is 1. The predicted molar refractivity (Wildman–Crippen MR) is 49.1 cm³/mol. The lowest BCUT2D eigenvalue weighted by Gasteiger charge is -2.17. The minimum atomic E-state index is -1.26. The van der Waals surface area contributed by atoms with Gasteiger partial charge in [-0.15, -0.1) is 0 Å². The first kappa shape index (κ1) is 10.5. The number of nitrogens with zero attached hydrogens (tertiary/aromatic N) is 1. The van der Waals surface area contributed by atoms with Gasteiger partial charge in [-0.2, -0.15) is 0 Å². The molecule has 0 radical (unpaired) electrons. The lowest BCUT2D eigenvalue weighted by atomic mass is 10.3. The molecule has 1 rings (SSSR count). The summed E-state index contributed by atoms with van der Waals surface area (Å²) in [4.78, 5) is 23.0. The first-order chi connectivity index (χ1) is 6.02. The molecule has 2 amide bonds. The molecule has 0 saturated carbocycles. The number of carbonyl (C=O) groups excluding carboxylic acids is 2. The molecule has 0 aromatic carbocycles. The van der Waals surface area contributed by atoms with Gasteiger partial charge in [0.2, 0.25) is 11.8 Å². The molecule has 1 heterocycles. The van der Waals surface area contributed by atoms with Crippen molar-refractivity contribution in [3.05, 3.63) is 0 Å². The van der Waals surface area contributed by atoms with Crippen LogP contribution >= 0.6 is 15.9 Å². The summed E-state index contributed by atoms with van der Waals surface area (Å²) in [6.45, 7) is 0.551. The number of hydrogen-bond acceptors (Lipinski definition) is 3. The van der Waals surface area contributed by atoms with E-state index in [1.807, 2.05) is 0 Å². The van der Waals surface area contributed by atoms with Crippen LogP contribution < -0.4 is 5.73 Å². The normalized spacial score (nSPS) is 24.9. The molecule has 0 bridgehead atoms. The summed E-state index contributed by atoms with van der Waals surface area (Å²) in [7, 11) is 0. The van der Waals surface area contributed by atoms with Crippen LogP contribution in [0.4, 0.5) is 0 Å². The molecule has 2 atom stereocenters. The maximum Gasteiger partial charge on any atom is 0.248 e. The summed E-state index contributed by atoms with van der Waals surface area (Å²) in [5, 5.41) is 9.11. The molecule has 13 heavy (non-hydrogen) atoms. The van der Waals surface area contributed by atoms with E-state index < -0.39 is 12.0 Å². The molecule has 1 aliphatic rings. The Hall–Kier alpha value is -0.620. The van der Waals surface area contributed by atoms with E-state index in [9.17, 15) is 9.59 Å². The number of halogens is 1. The number of β-amino-alcohol motifs (C(OH)–C–C–N with tert-alkyl or cyclic N) is 1. The largest absolute Gasteiger partial charge is 0.381 e. The van der Waals surface area contributed by atoms with E-state index in [2.05, 4.69) is 15.9 Å². The Bertz CT molecular complexity index is 234. The van der Waals surface area contributed by atoms with Gasteiger partial charge in [0, 0.05) is 6.54 Å². The van der Waals surface area contributed by atoms with Crippen LogP contribution in [0.3, 0.4) is 0 Å². The van der Waals surface area contributed by atoms with Crippen molar-refractivity contribution in [3.8, 4) is 0 Å². The molecule has 3 N–H and O–H groups in total. The highest BCUT2D eigenvalue weighted by Crippen LogP contribution is 2.18. The molecule has 0 spiro atoms. The Morgan fingerprint density at radius 1 is 1.85 bits per heavy atom. The molecule has 1 aliphatic heterocycles. The number of amides is 2. The average molecular weight is 251 g/mol. The molecule has 1 fully saturated rings. The molecular formula is C7H11BrN2O3. The van der Waals surface area contributed by atoms with Crippen molar-refractivity contribution >= 4 is 27.7 Å². The van der Waals surface area contributed by atoms with Crippen molar-refractivity contribution in [2.24, 2.45) is 5.73 Å². The Balaban J connectivity index is 2.47. The number of primary amides is 1. The Morgan fingerprint density at radius 2 is 2.46 bits per heavy atom. The zero-order chi connectivity index (χ0) is 10.0. The van der Waals surface area contributed by atoms with Crippen molar-refractivity contribution < 1.29 is 14.7 Å². The standard InChI is InChI=1S/C7H11BrN2O3/c8-4-1-2-10(7(4)13)3-5(11)6(9)12/h4-5,11H,1-3H2,(H2,9,12). The third kappa shape index (κ3) is 2.41. The van der Waals surface area contributed by atoms with Crippen LogP contribution in [0.5, 0.6) is 0 Å². The number of rotatable bonds is 3. The summed E-state index contributed by atoms with van der Waals surface area (Å²) >= 11 is 3.18. The van der Waals surface area contributed by atoms with E-state index in [-0.39, 0.29) is 17.3 Å². The Labute approximate surface area is 84.0 Å². The molecule has 74 valence electrons. The van der Waals surface area contributed by atoms with Crippen molar-refractivity contribution in [1.82, 2.24) is 4.90 Å². The fourth-order valence-electron chi connectivity index (χ4n) is 1.18. The lowest BCUT2D eigenvalue weighted by Crippen LogP contribution is -2.41. The second-order valence-electron chi connectivity index (χ2n) is 2.96. The van der Waals surface area contributed by atoms with Gasteiger partial charge in [0.05, 0.1) is 11.4 Å². The van der Waals surface area contributed by atoms with E-state index in [0.29, 0.717) is 13.0 Å². The second kappa shape index (κ2) is 4.06. The van der Waals surface area contributed by atoms with E-state index in [1.165, 1.54) is 4.90 Å². The SMILES string of the molecule is NC(=O)C(O)CN1CCC(Br)C1=O. The number of carbonyl (C=O) groups is 2.